The number of rotatable bonds is 5. The maximum absolute atomic E-state index is 12.1. The van der Waals surface area contributed by atoms with Crippen LogP contribution in [0, 0.1) is 0 Å². The van der Waals surface area contributed by atoms with Crippen LogP contribution in [0.3, 0.4) is 0 Å². The molecule has 0 spiro atoms. The molecule has 3 nitrogen and oxygen atoms in total. The van der Waals surface area contributed by atoms with Crippen LogP contribution in [0.15, 0.2) is 18.2 Å². The molecule has 0 aliphatic rings. The van der Waals surface area contributed by atoms with E-state index < -0.39 is 35.8 Å². The third-order valence-corrected chi connectivity index (χ3v) is 2.33. The molecule has 106 valence electrons. The quantitative estimate of drug-likeness (QED) is 0.461. The molecule has 1 rings (SSSR count). The average Bonchev–Trinajstić information content (AvgIpc) is 2.25. The van der Waals surface area contributed by atoms with Crippen LogP contribution < -0.4 is 9.47 Å². The van der Waals surface area contributed by atoms with Gasteiger partial charge in [0.15, 0.2) is 5.78 Å². The van der Waals surface area contributed by atoms with Crippen LogP contribution >= 0.6 is 15.9 Å². The fourth-order valence-electron chi connectivity index (χ4n) is 1.19. The van der Waals surface area contributed by atoms with E-state index in [0.717, 1.165) is 12.1 Å². The van der Waals surface area contributed by atoms with Crippen LogP contribution in [0.25, 0.3) is 0 Å². The van der Waals surface area contributed by atoms with E-state index in [4.69, 9.17) is 0 Å². The summed E-state index contributed by atoms with van der Waals surface area (Å²) in [6, 6.07) is 2.45. The molecule has 0 heterocycles. The molecule has 9 heteroatoms. The van der Waals surface area contributed by atoms with Gasteiger partial charge in [-0.2, -0.15) is 8.78 Å². The molecule has 0 fully saturated rings. The molecule has 1 aromatic rings. The van der Waals surface area contributed by atoms with Gasteiger partial charge >= 0.3 is 13.0 Å². The number of hydrogen-bond acceptors (Lipinski definition) is 3. The number of carbonyl (C=O) groups excluding carboxylic acids is 1. The molecule has 0 amide bonds. The Labute approximate surface area is 112 Å². The van der Waals surface area contributed by atoms with E-state index in [2.05, 4.69) is 25.4 Å². The van der Waals surface area contributed by atoms with Crippen LogP contribution in [0.4, 0.5) is 22.0 Å². The van der Waals surface area contributed by atoms with Crippen molar-refractivity contribution in [3.05, 3.63) is 23.8 Å². The van der Waals surface area contributed by atoms with Gasteiger partial charge in [0.1, 0.15) is 11.5 Å². The highest BCUT2D eigenvalue weighted by Gasteiger charge is 2.33. The highest BCUT2D eigenvalue weighted by Crippen LogP contribution is 2.31. The monoisotopic (exact) mass is 348 g/mol. The van der Waals surface area contributed by atoms with E-state index in [0.29, 0.717) is 6.07 Å². The Balaban J connectivity index is 3.14. The molecule has 19 heavy (non-hydrogen) atoms. The second kappa shape index (κ2) is 6.18. The lowest BCUT2D eigenvalue weighted by Gasteiger charge is -2.13. The van der Waals surface area contributed by atoms with E-state index >= 15 is 0 Å². The number of ether oxygens (including phenoxy) is 2. The lowest BCUT2D eigenvalue weighted by atomic mass is 10.1. The van der Waals surface area contributed by atoms with Gasteiger partial charge in [-0.15, -0.1) is 13.2 Å². The summed E-state index contributed by atoms with van der Waals surface area (Å²) in [5, 5.41) is -0.240. The van der Waals surface area contributed by atoms with Crippen LogP contribution in [-0.2, 0) is 0 Å². The fraction of sp³-hybridized carbons (Fsp3) is 0.300. The van der Waals surface area contributed by atoms with Crippen molar-refractivity contribution in [2.75, 3.05) is 5.33 Å². The summed E-state index contributed by atoms with van der Waals surface area (Å²) in [6.45, 7) is -3.20. The van der Waals surface area contributed by atoms with Gasteiger partial charge in [0, 0.05) is 6.07 Å². The standard InChI is InChI=1S/C10H6BrF5O3/c11-4-7(17)6-2-1-5(18-9(12)13)3-8(6)19-10(14,15)16/h1-3,9H,4H2. The fourth-order valence-corrected chi connectivity index (χ4v) is 1.49. The van der Waals surface area contributed by atoms with Gasteiger partial charge in [-0.1, -0.05) is 15.9 Å². The van der Waals surface area contributed by atoms with Gasteiger partial charge in [0.05, 0.1) is 10.9 Å². The summed E-state index contributed by atoms with van der Waals surface area (Å²) in [5.41, 5.74) is -0.393. The first-order valence-electron chi connectivity index (χ1n) is 4.66. The van der Waals surface area contributed by atoms with Gasteiger partial charge < -0.3 is 9.47 Å². The number of alkyl halides is 6. The maximum atomic E-state index is 12.1. The van der Waals surface area contributed by atoms with Crippen molar-refractivity contribution < 1.29 is 36.2 Å². The Hall–Kier alpha value is -1.38. The first kappa shape index (κ1) is 15.7. The maximum Gasteiger partial charge on any atom is 0.573 e. The molecule has 0 unspecified atom stereocenters. The molecule has 0 aliphatic heterocycles. The minimum Gasteiger partial charge on any atom is -0.435 e. The Morgan fingerprint density at radius 2 is 1.95 bits per heavy atom. The summed E-state index contributed by atoms with van der Waals surface area (Å²) in [4.78, 5) is 11.4. The number of halogens is 6. The molecule has 0 atom stereocenters. The number of hydrogen-bond donors (Lipinski definition) is 0. The van der Waals surface area contributed by atoms with Crippen LogP contribution in [0.2, 0.25) is 0 Å². The largest absolute Gasteiger partial charge is 0.573 e. The molecule has 0 aliphatic carbocycles. The molecule has 0 N–H and O–H groups in total. The number of carbonyl (C=O) groups is 1. The van der Waals surface area contributed by atoms with Crippen molar-refractivity contribution >= 4 is 21.7 Å². The minimum atomic E-state index is -5.05. The molecule has 0 radical (unpaired) electrons. The summed E-state index contributed by atoms with van der Waals surface area (Å²) >= 11 is 2.79. The number of Topliss-reactive ketones (excluding diaryl/α,β-unsaturated/α-hetero) is 1. The Morgan fingerprint density at radius 3 is 2.42 bits per heavy atom. The molecule has 0 aromatic heterocycles. The highest BCUT2D eigenvalue weighted by molar-refractivity contribution is 9.09. The smallest absolute Gasteiger partial charge is 0.435 e. The normalized spacial score (nSPS) is 11.5. The van der Waals surface area contributed by atoms with Crippen molar-refractivity contribution in [1.82, 2.24) is 0 Å². The van der Waals surface area contributed by atoms with E-state index in [1.807, 2.05) is 0 Å². The zero-order valence-corrected chi connectivity index (χ0v) is 10.6. The van der Waals surface area contributed by atoms with Crippen LogP contribution in [0.1, 0.15) is 10.4 Å². The van der Waals surface area contributed by atoms with Crippen molar-refractivity contribution in [3.8, 4) is 11.5 Å². The van der Waals surface area contributed by atoms with Crippen molar-refractivity contribution in [2.24, 2.45) is 0 Å². The topological polar surface area (TPSA) is 35.5 Å². The second-order valence-electron chi connectivity index (χ2n) is 3.14. The molecular weight excluding hydrogens is 343 g/mol. The lowest BCUT2D eigenvalue weighted by Crippen LogP contribution is -2.19. The third kappa shape index (κ3) is 5.01. The van der Waals surface area contributed by atoms with E-state index in [1.165, 1.54) is 0 Å². The molecule has 1 aromatic carbocycles. The van der Waals surface area contributed by atoms with Gasteiger partial charge in [-0.25, -0.2) is 0 Å². The third-order valence-electron chi connectivity index (χ3n) is 1.83. The number of benzene rings is 1. The van der Waals surface area contributed by atoms with Crippen molar-refractivity contribution in [2.45, 2.75) is 13.0 Å². The van der Waals surface area contributed by atoms with Crippen LogP contribution in [-0.4, -0.2) is 24.1 Å². The lowest BCUT2D eigenvalue weighted by molar-refractivity contribution is -0.274. The zero-order chi connectivity index (χ0) is 14.6. The molecular formula is C10H6BrF5O3. The Kier molecular flexibility index (Phi) is 5.10. The first-order chi connectivity index (χ1) is 8.73. The minimum absolute atomic E-state index is 0.240. The van der Waals surface area contributed by atoms with Crippen molar-refractivity contribution in [1.29, 1.82) is 0 Å². The second-order valence-corrected chi connectivity index (χ2v) is 3.70. The Bertz CT molecular complexity index is 461. The predicted molar refractivity (Wildman–Crippen MR) is 57.9 cm³/mol. The predicted octanol–water partition coefficient (Wildman–Crippen LogP) is 3.76. The highest BCUT2D eigenvalue weighted by atomic mass is 79.9. The van der Waals surface area contributed by atoms with E-state index in [1.54, 1.807) is 0 Å². The number of ketones is 1. The van der Waals surface area contributed by atoms with Gasteiger partial charge in [-0.05, 0) is 12.1 Å². The Morgan fingerprint density at radius 1 is 1.32 bits per heavy atom. The SMILES string of the molecule is O=C(CBr)c1ccc(OC(F)F)cc1OC(F)(F)F. The van der Waals surface area contributed by atoms with E-state index in [9.17, 15) is 26.7 Å². The molecule has 0 saturated carbocycles. The summed E-state index contributed by atoms with van der Waals surface area (Å²) in [5.74, 6) is -2.13. The molecule has 0 bridgehead atoms. The summed E-state index contributed by atoms with van der Waals surface area (Å²) in [6.07, 6.45) is -5.05. The van der Waals surface area contributed by atoms with Gasteiger partial charge in [-0.3, -0.25) is 4.79 Å². The zero-order valence-electron chi connectivity index (χ0n) is 9.01. The van der Waals surface area contributed by atoms with Gasteiger partial charge in [0.2, 0.25) is 0 Å². The summed E-state index contributed by atoms with van der Waals surface area (Å²) < 4.78 is 67.9. The summed E-state index contributed by atoms with van der Waals surface area (Å²) in [7, 11) is 0. The average molecular weight is 349 g/mol. The van der Waals surface area contributed by atoms with Gasteiger partial charge in [0.25, 0.3) is 0 Å². The van der Waals surface area contributed by atoms with E-state index in [-0.39, 0.29) is 5.33 Å². The molecule has 0 saturated heterocycles. The first-order valence-corrected chi connectivity index (χ1v) is 5.79. The van der Waals surface area contributed by atoms with Crippen molar-refractivity contribution in [3.63, 3.8) is 0 Å². The van der Waals surface area contributed by atoms with Crippen LogP contribution in [0.5, 0.6) is 11.5 Å².